The van der Waals surface area contributed by atoms with Crippen LogP contribution in [0.2, 0.25) is 0 Å². The number of phenolic OH excluding ortho intramolecular Hbond substituents is 1. The van der Waals surface area contributed by atoms with Gasteiger partial charge in [-0.25, -0.2) is 0 Å². The van der Waals surface area contributed by atoms with Crippen molar-refractivity contribution in [1.29, 1.82) is 0 Å². The maximum absolute atomic E-state index is 12.5. The first-order valence-corrected chi connectivity index (χ1v) is 8.21. The third kappa shape index (κ3) is 3.97. The summed E-state index contributed by atoms with van der Waals surface area (Å²) in [6.45, 7) is 1.15. The van der Waals surface area contributed by atoms with Gasteiger partial charge in [-0.2, -0.15) is 5.10 Å². The van der Waals surface area contributed by atoms with Gasteiger partial charge in [0.15, 0.2) is 5.78 Å². The van der Waals surface area contributed by atoms with Crippen LogP contribution in [0.3, 0.4) is 0 Å². The Hall–Kier alpha value is -3.41. The molecule has 1 N–H and O–H groups in total. The van der Waals surface area contributed by atoms with Crippen LogP contribution in [-0.4, -0.2) is 45.1 Å². The molecule has 26 heavy (non-hydrogen) atoms. The lowest BCUT2D eigenvalue weighted by Gasteiger charge is -2.17. The van der Waals surface area contributed by atoms with Crippen molar-refractivity contribution in [2.75, 3.05) is 13.6 Å². The Morgan fingerprint density at radius 1 is 1.04 bits per heavy atom. The Morgan fingerprint density at radius 3 is 2.42 bits per heavy atom. The molecule has 0 radical (unpaired) electrons. The number of benzene rings is 2. The molecule has 1 aromatic heterocycles. The van der Waals surface area contributed by atoms with Gasteiger partial charge in [0.05, 0.1) is 6.54 Å². The second-order valence-corrected chi connectivity index (χ2v) is 5.95. The van der Waals surface area contributed by atoms with E-state index in [0.29, 0.717) is 29.8 Å². The molecule has 1 heterocycles. The van der Waals surface area contributed by atoms with E-state index in [4.69, 9.17) is 0 Å². The minimum Gasteiger partial charge on any atom is -0.508 e. The van der Waals surface area contributed by atoms with E-state index in [1.807, 2.05) is 12.3 Å². The fraction of sp³-hybridized carbons (Fsp3) is 0.150. The summed E-state index contributed by atoms with van der Waals surface area (Å²) in [5.41, 5.74) is 1.38. The molecule has 132 valence electrons. The number of phenols is 1. The van der Waals surface area contributed by atoms with Gasteiger partial charge in [0.25, 0.3) is 5.91 Å². The molecule has 3 rings (SSSR count). The summed E-state index contributed by atoms with van der Waals surface area (Å²) in [7, 11) is 1.73. The van der Waals surface area contributed by atoms with Gasteiger partial charge in [-0.1, -0.05) is 24.3 Å². The van der Waals surface area contributed by atoms with Crippen LogP contribution in [0.25, 0.3) is 0 Å². The Morgan fingerprint density at radius 2 is 1.77 bits per heavy atom. The SMILES string of the molecule is CN(CCn1cccn1)C(=O)c1ccc(C(=O)c2cccc(O)c2)cc1. The first-order valence-electron chi connectivity index (χ1n) is 8.21. The number of ketones is 1. The van der Waals surface area contributed by atoms with Crippen molar-refractivity contribution < 1.29 is 14.7 Å². The number of hydrogen-bond acceptors (Lipinski definition) is 4. The quantitative estimate of drug-likeness (QED) is 0.694. The highest BCUT2D eigenvalue weighted by Gasteiger charge is 2.14. The summed E-state index contributed by atoms with van der Waals surface area (Å²) >= 11 is 0. The minimum atomic E-state index is -0.202. The fourth-order valence-electron chi connectivity index (χ4n) is 2.59. The fourth-order valence-corrected chi connectivity index (χ4v) is 2.59. The molecule has 3 aromatic rings. The summed E-state index contributed by atoms with van der Waals surface area (Å²) in [5.74, 6) is -0.276. The van der Waals surface area contributed by atoms with Crippen molar-refractivity contribution in [3.63, 3.8) is 0 Å². The molecule has 0 atom stereocenters. The number of aromatic nitrogens is 2. The zero-order valence-corrected chi connectivity index (χ0v) is 14.4. The van der Waals surface area contributed by atoms with Gasteiger partial charge in [0.1, 0.15) is 5.75 Å². The van der Waals surface area contributed by atoms with Crippen LogP contribution in [0.4, 0.5) is 0 Å². The second-order valence-electron chi connectivity index (χ2n) is 5.95. The van der Waals surface area contributed by atoms with Crippen molar-refractivity contribution in [2.45, 2.75) is 6.54 Å². The molecule has 6 nitrogen and oxygen atoms in total. The molecule has 2 aromatic carbocycles. The van der Waals surface area contributed by atoms with Crippen molar-refractivity contribution in [3.8, 4) is 5.75 Å². The third-order valence-corrected chi connectivity index (χ3v) is 4.07. The average molecular weight is 349 g/mol. The maximum atomic E-state index is 12.5. The zero-order valence-electron chi connectivity index (χ0n) is 14.4. The van der Waals surface area contributed by atoms with Gasteiger partial charge in [-0.05, 0) is 30.3 Å². The van der Waals surface area contributed by atoms with Crippen LogP contribution >= 0.6 is 0 Å². The van der Waals surface area contributed by atoms with Gasteiger partial charge in [-0.3, -0.25) is 14.3 Å². The largest absolute Gasteiger partial charge is 0.508 e. The van der Waals surface area contributed by atoms with Crippen molar-refractivity contribution in [1.82, 2.24) is 14.7 Å². The number of carbonyl (C=O) groups excluding carboxylic acids is 2. The van der Waals surface area contributed by atoms with E-state index in [0.717, 1.165) is 0 Å². The van der Waals surface area contributed by atoms with Crippen LogP contribution in [0.15, 0.2) is 67.0 Å². The molecule has 0 aliphatic carbocycles. The van der Waals surface area contributed by atoms with Gasteiger partial charge in [-0.15, -0.1) is 0 Å². The molecule has 0 fully saturated rings. The molecular weight excluding hydrogens is 330 g/mol. The molecule has 0 unspecified atom stereocenters. The third-order valence-electron chi connectivity index (χ3n) is 4.07. The molecule has 0 aliphatic heterocycles. The predicted octanol–water partition coefficient (Wildman–Crippen LogP) is 2.59. The smallest absolute Gasteiger partial charge is 0.253 e. The Bertz CT molecular complexity index is 902. The molecule has 6 heteroatoms. The molecule has 0 spiro atoms. The van der Waals surface area contributed by atoms with Gasteiger partial charge in [0.2, 0.25) is 0 Å². The maximum Gasteiger partial charge on any atom is 0.253 e. The lowest BCUT2D eigenvalue weighted by Crippen LogP contribution is -2.30. The number of hydrogen-bond donors (Lipinski definition) is 1. The van der Waals surface area contributed by atoms with E-state index in [1.54, 1.807) is 59.2 Å². The lowest BCUT2D eigenvalue weighted by atomic mass is 10.0. The van der Waals surface area contributed by atoms with E-state index in [2.05, 4.69) is 5.10 Å². The number of amides is 1. The normalized spacial score (nSPS) is 10.5. The van der Waals surface area contributed by atoms with Crippen LogP contribution in [0, 0.1) is 0 Å². The molecule has 0 bridgehead atoms. The van der Waals surface area contributed by atoms with Crippen LogP contribution in [0.5, 0.6) is 5.75 Å². The number of carbonyl (C=O) groups is 2. The summed E-state index contributed by atoms with van der Waals surface area (Å²) < 4.78 is 1.76. The number of likely N-dealkylation sites (N-methyl/N-ethyl adjacent to an activating group) is 1. The van der Waals surface area contributed by atoms with Crippen molar-refractivity contribution in [3.05, 3.63) is 83.7 Å². The van der Waals surface area contributed by atoms with Crippen molar-refractivity contribution >= 4 is 11.7 Å². The Balaban J connectivity index is 1.66. The van der Waals surface area contributed by atoms with E-state index >= 15 is 0 Å². The van der Waals surface area contributed by atoms with E-state index in [-0.39, 0.29) is 17.4 Å². The molecule has 0 saturated heterocycles. The topological polar surface area (TPSA) is 75.4 Å². The Labute approximate surface area is 151 Å². The summed E-state index contributed by atoms with van der Waals surface area (Å²) in [6.07, 6.45) is 3.55. The van der Waals surface area contributed by atoms with Gasteiger partial charge >= 0.3 is 0 Å². The lowest BCUT2D eigenvalue weighted by molar-refractivity contribution is 0.0788. The van der Waals surface area contributed by atoms with E-state index < -0.39 is 0 Å². The molecule has 0 saturated carbocycles. The number of rotatable bonds is 6. The number of aromatic hydroxyl groups is 1. The highest BCUT2D eigenvalue weighted by atomic mass is 16.3. The Kier molecular flexibility index (Phi) is 5.12. The summed E-state index contributed by atoms with van der Waals surface area (Å²) in [4.78, 5) is 26.5. The van der Waals surface area contributed by atoms with E-state index in [9.17, 15) is 14.7 Å². The van der Waals surface area contributed by atoms with Crippen molar-refractivity contribution in [2.24, 2.45) is 0 Å². The summed E-state index contributed by atoms with van der Waals surface area (Å²) in [6, 6.07) is 14.6. The standard InChI is InChI=1S/C20H19N3O3/c1-22(12-13-23-11-3-10-21-23)20(26)16-8-6-15(7-9-16)19(25)17-4-2-5-18(24)14-17/h2-11,14,24H,12-13H2,1H3. The first-order chi connectivity index (χ1) is 12.5. The molecule has 0 aliphatic rings. The van der Waals surface area contributed by atoms with Gasteiger partial charge < -0.3 is 10.0 Å². The second kappa shape index (κ2) is 7.65. The predicted molar refractivity (Wildman–Crippen MR) is 97.2 cm³/mol. The molecule has 1 amide bonds. The minimum absolute atomic E-state index is 0.0430. The number of nitrogens with zero attached hydrogens (tertiary/aromatic N) is 3. The monoisotopic (exact) mass is 349 g/mol. The highest BCUT2D eigenvalue weighted by Crippen LogP contribution is 2.16. The van der Waals surface area contributed by atoms with Crippen LogP contribution < -0.4 is 0 Å². The summed E-state index contributed by atoms with van der Waals surface area (Å²) in [5, 5.41) is 13.6. The first kappa shape index (κ1) is 17.4. The average Bonchev–Trinajstić information content (AvgIpc) is 3.18. The van der Waals surface area contributed by atoms with Crippen LogP contribution in [-0.2, 0) is 6.54 Å². The van der Waals surface area contributed by atoms with Crippen LogP contribution in [0.1, 0.15) is 26.3 Å². The highest BCUT2D eigenvalue weighted by molar-refractivity contribution is 6.09. The van der Waals surface area contributed by atoms with Gasteiger partial charge in [0, 0.05) is 42.7 Å². The zero-order chi connectivity index (χ0) is 18.5. The van der Waals surface area contributed by atoms with E-state index in [1.165, 1.54) is 12.1 Å². The molecular formula is C20H19N3O3.